The Hall–Kier alpha value is -2.64. The maximum absolute atomic E-state index is 13.0. The zero-order valence-electron chi connectivity index (χ0n) is 19.3. The fraction of sp³-hybridized carbons (Fsp3) is 0.652. The smallest absolute Gasteiger partial charge is 0.274 e. The van der Waals surface area contributed by atoms with Gasteiger partial charge in [0.15, 0.2) is 0 Å². The lowest BCUT2D eigenvalue weighted by molar-refractivity contribution is 0.0757. The number of hydrogen-bond acceptors (Lipinski definition) is 4. The van der Waals surface area contributed by atoms with E-state index in [-0.39, 0.29) is 11.8 Å². The van der Waals surface area contributed by atoms with Crippen molar-refractivity contribution in [3.05, 3.63) is 34.4 Å². The molecule has 0 saturated heterocycles. The van der Waals surface area contributed by atoms with E-state index in [4.69, 9.17) is 0 Å². The molecule has 8 heteroatoms. The number of amides is 2. The molecule has 0 fully saturated rings. The molecule has 0 bridgehead atoms. The van der Waals surface area contributed by atoms with Crippen molar-refractivity contribution in [2.24, 2.45) is 0 Å². The minimum absolute atomic E-state index is 0.0217. The van der Waals surface area contributed by atoms with Gasteiger partial charge >= 0.3 is 0 Å². The van der Waals surface area contributed by atoms with Crippen LogP contribution in [0.3, 0.4) is 0 Å². The van der Waals surface area contributed by atoms with Crippen LogP contribution in [-0.4, -0.2) is 67.9 Å². The molecule has 0 saturated carbocycles. The molecule has 0 spiro atoms. The third-order valence-corrected chi connectivity index (χ3v) is 6.70. The highest BCUT2D eigenvalue weighted by Gasteiger charge is 2.26. The van der Waals surface area contributed by atoms with E-state index in [2.05, 4.69) is 19.1 Å². The van der Waals surface area contributed by atoms with E-state index >= 15 is 0 Å². The van der Waals surface area contributed by atoms with Gasteiger partial charge < -0.3 is 18.9 Å². The molecule has 0 radical (unpaired) electrons. The minimum Gasteiger partial charge on any atom is -0.340 e. The van der Waals surface area contributed by atoms with Gasteiger partial charge in [0.2, 0.25) is 0 Å². The summed E-state index contributed by atoms with van der Waals surface area (Å²) >= 11 is 0. The Bertz CT molecular complexity index is 911. The zero-order valence-corrected chi connectivity index (χ0v) is 19.3. The van der Waals surface area contributed by atoms with Gasteiger partial charge in [-0.05, 0) is 58.8 Å². The quantitative estimate of drug-likeness (QED) is 0.712. The van der Waals surface area contributed by atoms with E-state index < -0.39 is 0 Å². The molecule has 4 rings (SSSR count). The first-order valence-electron chi connectivity index (χ1n) is 11.5. The second-order valence-corrected chi connectivity index (χ2v) is 8.93. The highest BCUT2D eigenvalue weighted by molar-refractivity contribution is 5.94. The van der Waals surface area contributed by atoms with Gasteiger partial charge in [0.25, 0.3) is 11.8 Å². The van der Waals surface area contributed by atoms with Crippen LogP contribution in [0, 0.1) is 13.8 Å². The van der Waals surface area contributed by atoms with Gasteiger partial charge in [-0.2, -0.15) is 0 Å². The minimum atomic E-state index is -0.0217. The number of carbonyl (C=O) groups excluding carboxylic acids is 2. The average Bonchev–Trinajstić information content (AvgIpc) is 3.30. The molecule has 0 aliphatic carbocycles. The van der Waals surface area contributed by atoms with E-state index in [0.717, 1.165) is 74.7 Å². The third kappa shape index (κ3) is 4.12. The molecule has 168 valence electrons. The highest BCUT2D eigenvalue weighted by atomic mass is 16.2. The summed E-state index contributed by atoms with van der Waals surface area (Å²) in [5.74, 6) is 1.81. The van der Waals surface area contributed by atoms with Crippen LogP contribution in [0.2, 0.25) is 0 Å². The summed E-state index contributed by atoms with van der Waals surface area (Å²) in [4.78, 5) is 38.6. The lowest BCUT2D eigenvalue weighted by atomic mass is 10.1. The first-order valence-corrected chi connectivity index (χ1v) is 11.5. The average molecular weight is 427 g/mol. The maximum Gasteiger partial charge on any atom is 0.274 e. The molecular formula is C23H34N6O2. The molecule has 0 unspecified atom stereocenters. The number of aryl methyl sites for hydroxylation is 2. The Morgan fingerprint density at radius 3 is 1.61 bits per heavy atom. The maximum atomic E-state index is 13.0. The van der Waals surface area contributed by atoms with E-state index in [9.17, 15) is 9.59 Å². The van der Waals surface area contributed by atoms with Gasteiger partial charge in [-0.1, -0.05) is 0 Å². The summed E-state index contributed by atoms with van der Waals surface area (Å²) in [5.41, 5.74) is 3.36. The molecule has 0 atom stereocenters. The molecule has 2 aliphatic rings. The Morgan fingerprint density at radius 1 is 0.774 bits per heavy atom. The Balaban J connectivity index is 1.34. The first-order chi connectivity index (χ1) is 14.9. The van der Waals surface area contributed by atoms with Gasteiger partial charge in [0.05, 0.1) is 11.4 Å². The number of hydrogen-bond donors (Lipinski definition) is 0. The van der Waals surface area contributed by atoms with Crippen LogP contribution >= 0.6 is 0 Å². The summed E-state index contributed by atoms with van der Waals surface area (Å²) < 4.78 is 4.37. The molecule has 2 amide bonds. The largest absolute Gasteiger partial charge is 0.340 e. The molecule has 4 heterocycles. The van der Waals surface area contributed by atoms with Crippen LogP contribution in [0.5, 0.6) is 0 Å². The summed E-state index contributed by atoms with van der Waals surface area (Å²) in [6.07, 6.45) is 7.07. The Kier molecular flexibility index (Phi) is 6.16. The molecule has 31 heavy (non-hydrogen) atoms. The van der Waals surface area contributed by atoms with Crippen molar-refractivity contribution in [3.8, 4) is 0 Å². The van der Waals surface area contributed by atoms with Crippen molar-refractivity contribution in [3.63, 3.8) is 0 Å². The normalized spacial score (nSPS) is 15.4. The second kappa shape index (κ2) is 8.85. The van der Waals surface area contributed by atoms with Gasteiger partial charge in [-0.25, -0.2) is 9.97 Å². The number of aromatic nitrogens is 4. The van der Waals surface area contributed by atoms with Crippen molar-refractivity contribution in [1.82, 2.24) is 28.9 Å². The predicted molar refractivity (Wildman–Crippen MR) is 118 cm³/mol. The zero-order chi connectivity index (χ0) is 22.1. The molecular weight excluding hydrogens is 392 g/mol. The summed E-state index contributed by atoms with van der Waals surface area (Å²) in [5, 5.41) is 0. The van der Waals surface area contributed by atoms with E-state index in [1.807, 2.05) is 27.9 Å². The van der Waals surface area contributed by atoms with E-state index in [0.29, 0.717) is 30.9 Å². The predicted octanol–water partition coefficient (Wildman–Crippen LogP) is 2.60. The monoisotopic (exact) mass is 426 g/mol. The summed E-state index contributed by atoms with van der Waals surface area (Å²) in [6, 6.07) is 0. The van der Waals surface area contributed by atoms with Crippen LogP contribution in [0.15, 0.2) is 0 Å². The van der Waals surface area contributed by atoms with Crippen LogP contribution in [0.1, 0.15) is 76.1 Å². The standard InChI is InChI=1S/C23H34N6O2/c1-16-24-20(18-10-5-7-14-28(16)18)22(30)26(3)12-9-13-27(4)23(31)21-19-11-6-8-15-29(19)17(2)25-21/h5-15H2,1-4H3. The van der Waals surface area contributed by atoms with Crippen LogP contribution < -0.4 is 0 Å². The number of carbonyl (C=O) groups is 2. The van der Waals surface area contributed by atoms with E-state index in [1.165, 1.54) is 0 Å². The van der Waals surface area contributed by atoms with Gasteiger partial charge in [0.1, 0.15) is 23.0 Å². The van der Waals surface area contributed by atoms with Crippen molar-refractivity contribution in [2.45, 2.75) is 71.9 Å². The number of rotatable bonds is 6. The molecule has 0 N–H and O–H groups in total. The molecule has 8 nitrogen and oxygen atoms in total. The Labute approximate surface area is 184 Å². The van der Waals surface area contributed by atoms with Crippen molar-refractivity contribution >= 4 is 11.8 Å². The summed E-state index contributed by atoms with van der Waals surface area (Å²) in [6.45, 7) is 7.03. The van der Waals surface area contributed by atoms with Gasteiger partial charge in [-0.3, -0.25) is 9.59 Å². The third-order valence-electron chi connectivity index (χ3n) is 6.70. The lowest BCUT2D eigenvalue weighted by Crippen LogP contribution is -2.34. The first kappa shape index (κ1) is 21.6. The fourth-order valence-corrected chi connectivity index (χ4v) is 4.90. The molecule has 0 aromatic carbocycles. The highest BCUT2D eigenvalue weighted by Crippen LogP contribution is 2.23. The second-order valence-electron chi connectivity index (χ2n) is 8.93. The topological polar surface area (TPSA) is 76.3 Å². The number of nitrogens with zero attached hydrogens (tertiary/aromatic N) is 6. The fourth-order valence-electron chi connectivity index (χ4n) is 4.90. The summed E-state index contributed by atoms with van der Waals surface area (Å²) in [7, 11) is 3.65. The van der Waals surface area contributed by atoms with Gasteiger partial charge in [0, 0.05) is 40.3 Å². The van der Waals surface area contributed by atoms with Crippen LogP contribution in [0.25, 0.3) is 0 Å². The lowest BCUT2D eigenvalue weighted by Gasteiger charge is -2.22. The van der Waals surface area contributed by atoms with Crippen molar-refractivity contribution in [1.29, 1.82) is 0 Å². The number of fused-ring (bicyclic) bond motifs is 2. The van der Waals surface area contributed by atoms with Gasteiger partial charge in [-0.15, -0.1) is 0 Å². The van der Waals surface area contributed by atoms with Crippen molar-refractivity contribution in [2.75, 3.05) is 27.2 Å². The molecule has 2 aromatic heterocycles. The Morgan fingerprint density at radius 2 is 1.19 bits per heavy atom. The molecule has 2 aromatic rings. The van der Waals surface area contributed by atoms with E-state index in [1.54, 1.807) is 9.80 Å². The van der Waals surface area contributed by atoms with Crippen molar-refractivity contribution < 1.29 is 9.59 Å². The molecule has 2 aliphatic heterocycles. The van der Waals surface area contributed by atoms with Crippen LogP contribution in [-0.2, 0) is 25.9 Å². The number of imidazole rings is 2. The SMILES string of the molecule is Cc1nc(C(=O)N(C)CCCN(C)C(=O)c2nc(C)n3c2CCCC3)c2n1CCCC2. The van der Waals surface area contributed by atoms with Crippen LogP contribution in [0.4, 0.5) is 0 Å².